The number of hydrogen-bond acceptors (Lipinski definition) is 8. The van der Waals surface area contributed by atoms with Crippen LogP contribution in [0.15, 0.2) is 90.1 Å². The first-order valence-electron chi connectivity index (χ1n) is 13.1. The number of carbonyl (C=O) groups is 2. The van der Waals surface area contributed by atoms with Crippen LogP contribution in [0.25, 0.3) is 22.5 Å². The number of nitrogens with zero attached hydrogens (tertiary/aromatic N) is 7. The lowest BCUT2D eigenvalue weighted by atomic mass is 10.2. The molecule has 0 atom stereocenters. The highest BCUT2D eigenvalue weighted by molar-refractivity contribution is 6.04. The van der Waals surface area contributed by atoms with Crippen LogP contribution in [0, 0.1) is 5.82 Å². The van der Waals surface area contributed by atoms with Gasteiger partial charge in [-0.3, -0.25) is 14.2 Å². The molecule has 2 amide bonds. The maximum Gasteiger partial charge on any atom is 0.339 e. The second-order valence-electron chi connectivity index (χ2n) is 9.80. The fourth-order valence-electron chi connectivity index (χ4n) is 4.38. The molecule has 3 N–H and O–H groups in total. The average molecular weight is 582 g/mol. The Bertz CT molecular complexity index is 1910. The Morgan fingerprint density at radius 3 is 2.47 bits per heavy atom. The topological polar surface area (TPSA) is 144 Å². The minimum Gasteiger partial charge on any atom is -0.382 e. The number of fused-ring (bicyclic) bond motifs is 1. The number of imidazole rings is 1. The molecule has 13 heteroatoms. The number of amides is 2. The summed E-state index contributed by atoms with van der Waals surface area (Å²) in [5.41, 5.74) is 7.87. The van der Waals surface area contributed by atoms with E-state index in [9.17, 15) is 18.8 Å². The van der Waals surface area contributed by atoms with E-state index in [0.29, 0.717) is 23.6 Å². The fraction of sp³-hybridized carbons (Fsp3) is 0.133. The summed E-state index contributed by atoms with van der Waals surface area (Å²) in [6, 6.07) is 15.6. The van der Waals surface area contributed by atoms with Gasteiger partial charge in [0.15, 0.2) is 23.1 Å². The number of carbonyl (C=O) groups excluding carboxylic acids is 2. The number of benzene rings is 2. The van der Waals surface area contributed by atoms with Crippen molar-refractivity contribution in [3.8, 4) is 11.4 Å². The maximum absolute atomic E-state index is 13.9. The highest BCUT2D eigenvalue weighted by Crippen LogP contribution is 2.25. The molecular formula is C30H28FN9O3. The van der Waals surface area contributed by atoms with Gasteiger partial charge in [-0.25, -0.2) is 28.7 Å². The number of nitrogens with two attached hydrogens (primary N) is 1. The van der Waals surface area contributed by atoms with Crippen molar-refractivity contribution in [3.63, 3.8) is 0 Å². The van der Waals surface area contributed by atoms with Gasteiger partial charge in [0.2, 0.25) is 5.91 Å². The summed E-state index contributed by atoms with van der Waals surface area (Å²) in [5.74, 6) is -1.59. The van der Waals surface area contributed by atoms with Gasteiger partial charge in [0.25, 0.3) is 5.91 Å². The van der Waals surface area contributed by atoms with Crippen LogP contribution in [0.3, 0.4) is 0 Å². The molecule has 0 aliphatic carbocycles. The Balaban J connectivity index is 1.52. The highest BCUT2D eigenvalue weighted by Gasteiger charge is 2.21. The summed E-state index contributed by atoms with van der Waals surface area (Å²) in [7, 11) is 5.46. The van der Waals surface area contributed by atoms with Crippen molar-refractivity contribution in [1.29, 1.82) is 0 Å². The van der Waals surface area contributed by atoms with E-state index in [4.69, 9.17) is 5.73 Å². The number of nitrogen functional groups attached to an aromatic ring is 1. The van der Waals surface area contributed by atoms with Gasteiger partial charge in [-0.2, -0.15) is 0 Å². The number of rotatable bonds is 8. The average Bonchev–Trinajstić information content (AvgIpc) is 3.30. The van der Waals surface area contributed by atoms with Crippen molar-refractivity contribution in [2.24, 2.45) is 0 Å². The summed E-state index contributed by atoms with van der Waals surface area (Å²) in [6.07, 6.45) is 5.89. The molecule has 218 valence electrons. The molecule has 0 saturated carbocycles. The number of nitrogens with one attached hydrogen (secondary N) is 1. The van der Waals surface area contributed by atoms with Crippen LogP contribution in [0.5, 0.6) is 0 Å². The summed E-state index contributed by atoms with van der Waals surface area (Å²) < 4.78 is 16.7. The van der Waals surface area contributed by atoms with Gasteiger partial charge in [-0.1, -0.05) is 12.1 Å². The van der Waals surface area contributed by atoms with E-state index in [2.05, 4.69) is 20.3 Å². The van der Waals surface area contributed by atoms with Crippen molar-refractivity contribution in [1.82, 2.24) is 29.0 Å². The lowest BCUT2D eigenvalue weighted by molar-refractivity contribution is -0.113. The quantitative estimate of drug-likeness (QED) is 0.266. The number of hydrogen-bond donors (Lipinski definition) is 2. The molecule has 3 aromatic heterocycles. The first-order chi connectivity index (χ1) is 20.7. The zero-order valence-corrected chi connectivity index (χ0v) is 23.6. The highest BCUT2D eigenvalue weighted by atomic mass is 19.1. The molecule has 0 aliphatic heterocycles. The van der Waals surface area contributed by atoms with Crippen LogP contribution < -0.4 is 21.6 Å². The summed E-state index contributed by atoms with van der Waals surface area (Å²) in [5, 5.41) is 2.43. The first kappa shape index (κ1) is 28.8. The SMILES string of the molecule is CN(C)C/C=C/C(=O)N(C)c1cccc(-n2c(=O)n(-c3ccc(C(=O)Nc4ncccc4F)cc3)c3c(N)ncnc32)c1. The molecule has 43 heavy (non-hydrogen) atoms. The third kappa shape index (κ3) is 5.87. The van der Waals surface area contributed by atoms with E-state index in [1.54, 1.807) is 49.5 Å². The Hall–Kier alpha value is -5.69. The van der Waals surface area contributed by atoms with Crippen LogP contribution in [-0.2, 0) is 4.79 Å². The van der Waals surface area contributed by atoms with Gasteiger partial charge in [0.1, 0.15) is 11.8 Å². The van der Waals surface area contributed by atoms with Crippen LogP contribution in [0.2, 0.25) is 0 Å². The van der Waals surface area contributed by atoms with Crippen molar-refractivity contribution in [2.45, 2.75) is 0 Å². The largest absolute Gasteiger partial charge is 0.382 e. The third-order valence-corrected chi connectivity index (χ3v) is 6.56. The standard InChI is InChI=1S/C30H28FN9O3/c1-37(2)16-6-10-24(41)38(3)21-7-4-8-22(17-21)40-28-25(26(32)34-18-35-28)39(30(40)43)20-13-11-19(12-14-20)29(42)36-27-23(31)9-5-15-33-27/h4-15,17-18H,16H2,1-3H3,(H2,32,34,35)(H,33,36,42)/b10-6+. The molecule has 5 aromatic rings. The Labute approximate surface area is 245 Å². The minimum absolute atomic E-state index is 0.0720. The molecule has 0 spiro atoms. The Morgan fingerprint density at radius 2 is 1.74 bits per heavy atom. The van der Waals surface area contributed by atoms with Crippen molar-refractivity contribution in [2.75, 3.05) is 43.6 Å². The summed E-state index contributed by atoms with van der Waals surface area (Å²) in [6.45, 7) is 0.615. The lowest BCUT2D eigenvalue weighted by Gasteiger charge is -2.16. The summed E-state index contributed by atoms with van der Waals surface area (Å²) >= 11 is 0. The van der Waals surface area contributed by atoms with Gasteiger partial charge in [0, 0.05) is 37.1 Å². The molecular weight excluding hydrogens is 553 g/mol. The maximum atomic E-state index is 13.9. The first-order valence-corrected chi connectivity index (χ1v) is 13.1. The number of anilines is 3. The van der Waals surface area contributed by atoms with Gasteiger partial charge in [-0.15, -0.1) is 0 Å². The predicted molar refractivity (Wildman–Crippen MR) is 162 cm³/mol. The van der Waals surface area contributed by atoms with Crippen LogP contribution >= 0.6 is 0 Å². The monoisotopic (exact) mass is 581 g/mol. The van der Waals surface area contributed by atoms with Gasteiger partial charge in [0.05, 0.1) is 11.4 Å². The number of pyridine rings is 1. The zero-order chi connectivity index (χ0) is 30.7. The molecule has 0 saturated heterocycles. The number of halogens is 1. The van der Waals surface area contributed by atoms with E-state index in [0.717, 1.165) is 0 Å². The second kappa shape index (κ2) is 12.0. The predicted octanol–water partition coefficient (Wildman–Crippen LogP) is 3.02. The lowest BCUT2D eigenvalue weighted by Crippen LogP contribution is -2.25. The molecule has 0 fully saturated rings. The van der Waals surface area contributed by atoms with E-state index in [-0.39, 0.29) is 34.3 Å². The number of likely N-dealkylation sites (N-methyl/N-ethyl adjacent to an activating group) is 2. The second-order valence-corrected chi connectivity index (χ2v) is 9.80. The fourth-order valence-corrected chi connectivity index (χ4v) is 4.38. The normalized spacial score (nSPS) is 11.4. The van der Waals surface area contributed by atoms with E-state index in [1.807, 2.05) is 19.0 Å². The molecule has 0 aliphatic rings. The third-order valence-electron chi connectivity index (χ3n) is 6.56. The van der Waals surface area contributed by atoms with Crippen molar-refractivity contribution < 1.29 is 14.0 Å². The van der Waals surface area contributed by atoms with Crippen LogP contribution in [0.4, 0.5) is 21.7 Å². The van der Waals surface area contributed by atoms with E-state index in [1.165, 1.54) is 56.9 Å². The molecule has 12 nitrogen and oxygen atoms in total. The summed E-state index contributed by atoms with van der Waals surface area (Å²) in [4.78, 5) is 55.0. The van der Waals surface area contributed by atoms with Crippen LogP contribution in [-0.4, -0.2) is 68.5 Å². The van der Waals surface area contributed by atoms with Crippen LogP contribution in [0.1, 0.15) is 10.4 Å². The van der Waals surface area contributed by atoms with Gasteiger partial charge < -0.3 is 20.9 Å². The van der Waals surface area contributed by atoms with Gasteiger partial charge >= 0.3 is 5.69 Å². The zero-order valence-electron chi connectivity index (χ0n) is 23.6. The molecule has 2 aromatic carbocycles. The van der Waals surface area contributed by atoms with Crippen molar-refractivity contribution in [3.05, 3.63) is 107 Å². The molecule has 5 rings (SSSR count). The number of aromatic nitrogens is 5. The minimum atomic E-state index is -0.664. The van der Waals surface area contributed by atoms with Gasteiger partial charge in [-0.05, 0) is 68.7 Å². The van der Waals surface area contributed by atoms with Crippen molar-refractivity contribution >= 4 is 40.3 Å². The van der Waals surface area contributed by atoms with E-state index >= 15 is 0 Å². The molecule has 0 bridgehead atoms. The smallest absolute Gasteiger partial charge is 0.339 e. The molecule has 0 radical (unpaired) electrons. The molecule has 3 heterocycles. The Morgan fingerprint density at radius 1 is 0.977 bits per heavy atom. The van der Waals surface area contributed by atoms with E-state index < -0.39 is 17.4 Å². The Kier molecular flexibility index (Phi) is 8.07. The molecule has 0 unspecified atom stereocenters.